The number of nitrogens with zero attached hydrogens (tertiary/aromatic N) is 1. The molecule has 0 radical (unpaired) electrons. The van der Waals surface area contributed by atoms with E-state index < -0.39 is 0 Å². The number of aromatic nitrogens is 2. The van der Waals surface area contributed by atoms with E-state index in [1.807, 2.05) is 13.1 Å². The molecule has 0 aliphatic rings. The minimum atomic E-state index is 0.911. The molecule has 0 saturated heterocycles. The number of aryl methyl sites for hydroxylation is 1. The Labute approximate surface area is 70.8 Å². The van der Waals surface area contributed by atoms with Crippen LogP contribution in [0.3, 0.4) is 0 Å². The maximum absolute atomic E-state index is 4.12. The van der Waals surface area contributed by atoms with Gasteiger partial charge in [0.05, 0.1) is 5.52 Å². The minimum absolute atomic E-state index is 0.911. The SMILES string of the molecule is CNc1n[nH]c2ccc(C)cc12. The molecule has 2 aromatic rings. The van der Waals surface area contributed by atoms with Gasteiger partial charge < -0.3 is 5.32 Å². The van der Waals surface area contributed by atoms with Gasteiger partial charge in [0.15, 0.2) is 5.82 Å². The summed E-state index contributed by atoms with van der Waals surface area (Å²) in [5, 5.41) is 11.3. The van der Waals surface area contributed by atoms with Crippen LogP contribution in [-0.2, 0) is 0 Å². The van der Waals surface area contributed by atoms with Crippen LogP contribution in [0.15, 0.2) is 18.2 Å². The first-order valence-corrected chi connectivity index (χ1v) is 3.94. The van der Waals surface area contributed by atoms with E-state index in [0.29, 0.717) is 0 Å². The van der Waals surface area contributed by atoms with Gasteiger partial charge in [0, 0.05) is 12.4 Å². The molecule has 0 atom stereocenters. The largest absolute Gasteiger partial charge is 0.371 e. The molecule has 0 fully saturated rings. The van der Waals surface area contributed by atoms with Crippen molar-refractivity contribution in [3.05, 3.63) is 23.8 Å². The molecule has 1 aromatic heterocycles. The van der Waals surface area contributed by atoms with Crippen LogP contribution in [-0.4, -0.2) is 17.2 Å². The number of hydrogen-bond acceptors (Lipinski definition) is 2. The monoisotopic (exact) mass is 161 g/mol. The summed E-state index contributed by atoms with van der Waals surface area (Å²) in [5.41, 5.74) is 2.32. The molecule has 0 bridgehead atoms. The highest BCUT2D eigenvalue weighted by atomic mass is 15.2. The molecule has 3 nitrogen and oxygen atoms in total. The highest BCUT2D eigenvalue weighted by molar-refractivity contribution is 5.89. The number of nitrogens with one attached hydrogen (secondary N) is 2. The lowest BCUT2D eigenvalue weighted by molar-refractivity contribution is 1.11. The van der Waals surface area contributed by atoms with E-state index in [4.69, 9.17) is 0 Å². The summed E-state index contributed by atoms with van der Waals surface area (Å²) in [6.07, 6.45) is 0. The van der Waals surface area contributed by atoms with Gasteiger partial charge in [-0.15, -0.1) is 0 Å². The van der Waals surface area contributed by atoms with Crippen molar-refractivity contribution in [2.45, 2.75) is 6.92 Å². The first-order chi connectivity index (χ1) is 5.81. The second kappa shape index (κ2) is 2.52. The van der Waals surface area contributed by atoms with Crippen molar-refractivity contribution in [2.24, 2.45) is 0 Å². The third-order valence-electron chi connectivity index (χ3n) is 1.96. The quantitative estimate of drug-likeness (QED) is 0.670. The first-order valence-electron chi connectivity index (χ1n) is 3.94. The summed E-state index contributed by atoms with van der Waals surface area (Å²) in [5.74, 6) is 0.911. The van der Waals surface area contributed by atoms with E-state index in [0.717, 1.165) is 16.7 Å². The molecular weight excluding hydrogens is 150 g/mol. The summed E-state index contributed by atoms with van der Waals surface area (Å²) in [6, 6.07) is 6.23. The summed E-state index contributed by atoms with van der Waals surface area (Å²) in [7, 11) is 1.87. The highest BCUT2D eigenvalue weighted by Gasteiger charge is 2.01. The number of H-pyrrole nitrogens is 1. The number of anilines is 1. The van der Waals surface area contributed by atoms with E-state index in [1.54, 1.807) is 0 Å². The van der Waals surface area contributed by atoms with Crippen LogP contribution in [0.4, 0.5) is 5.82 Å². The zero-order valence-corrected chi connectivity index (χ0v) is 7.18. The average molecular weight is 161 g/mol. The van der Waals surface area contributed by atoms with Gasteiger partial charge >= 0.3 is 0 Å². The van der Waals surface area contributed by atoms with Gasteiger partial charge in [-0.05, 0) is 19.1 Å². The molecule has 12 heavy (non-hydrogen) atoms. The van der Waals surface area contributed by atoms with Crippen molar-refractivity contribution < 1.29 is 0 Å². The topological polar surface area (TPSA) is 40.7 Å². The van der Waals surface area contributed by atoms with E-state index in [2.05, 4.69) is 34.6 Å². The van der Waals surface area contributed by atoms with Crippen molar-refractivity contribution in [1.29, 1.82) is 0 Å². The van der Waals surface area contributed by atoms with Crippen LogP contribution < -0.4 is 5.32 Å². The molecule has 3 heteroatoms. The fourth-order valence-corrected chi connectivity index (χ4v) is 1.32. The van der Waals surface area contributed by atoms with E-state index in [-0.39, 0.29) is 0 Å². The second-order valence-electron chi connectivity index (χ2n) is 2.87. The molecule has 0 amide bonds. The number of fused-ring (bicyclic) bond motifs is 1. The van der Waals surface area contributed by atoms with Crippen molar-refractivity contribution in [1.82, 2.24) is 10.2 Å². The van der Waals surface area contributed by atoms with E-state index >= 15 is 0 Å². The first kappa shape index (κ1) is 7.16. The van der Waals surface area contributed by atoms with Crippen LogP contribution >= 0.6 is 0 Å². The van der Waals surface area contributed by atoms with Gasteiger partial charge in [0.2, 0.25) is 0 Å². The Morgan fingerprint density at radius 1 is 1.42 bits per heavy atom. The standard InChI is InChI=1S/C9H11N3/c1-6-3-4-8-7(5-6)9(10-2)12-11-8/h3-5H,1-2H3,(H2,10,11,12). The minimum Gasteiger partial charge on any atom is -0.371 e. The van der Waals surface area contributed by atoms with Crippen LogP contribution in [0.25, 0.3) is 10.9 Å². The van der Waals surface area contributed by atoms with Crippen LogP contribution in [0.1, 0.15) is 5.56 Å². The van der Waals surface area contributed by atoms with Crippen LogP contribution in [0, 0.1) is 6.92 Å². The molecule has 2 rings (SSSR count). The normalized spacial score (nSPS) is 10.5. The van der Waals surface area contributed by atoms with E-state index in [9.17, 15) is 0 Å². The van der Waals surface area contributed by atoms with Crippen LogP contribution in [0.2, 0.25) is 0 Å². The Morgan fingerprint density at radius 2 is 2.25 bits per heavy atom. The summed E-state index contributed by atoms with van der Waals surface area (Å²) >= 11 is 0. The fourth-order valence-electron chi connectivity index (χ4n) is 1.32. The van der Waals surface area contributed by atoms with E-state index in [1.165, 1.54) is 5.56 Å². The average Bonchev–Trinajstić information content (AvgIpc) is 2.46. The van der Waals surface area contributed by atoms with Crippen molar-refractivity contribution in [2.75, 3.05) is 12.4 Å². The molecule has 1 aromatic carbocycles. The molecule has 0 aliphatic carbocycles. The van der Waals surface area contributed by atoms with Crippen molar-refractivity contribution >= 4 is 16.7 Å². The fraction of sp³-hybridized carbons (Fsp3) is 0.222. The molecule has 0 spiro atoms. The lowest BCUT2D eigenvalue weighted by atomic mass is 10.2. The summed E-state index contributed by atoms with van der Waals surface area (Å²) in [6.45, 7) is 2.08. The predicted octanol–water partition coefficient (Wildman–Crippen LogP) is 1.91. The molecule has 62 valence electrons. The molecule has 0 saturated carbocycles. The highest BCUT2D eigenvalue weighted by Crippen LogP contribution is 2.20. The van der Waals surface area contributed by atoms with Gasteiger partial charge in [-0.1, -0.05) is 11.6 Å². The maximum atomic E-state index is 4.12. The molecule has 1 heterocycles. The number of hydrogen-bond donors (Lipinski definition) is 2. The smallest absolute Gasteiger partial charge is 0.155 e. The Hall–Kier alpha value is -1.51. The molecule has 0 unspecified atom stereocenters. The maximum Gasteiger partial charge on any atom is 0.155 e. The zero-order valence-electron chi connectivity index (χ0n) is 7.18. The molecule has 0 aliphatic heterocycles. The lowest BCUT2D eigenvalue weighted by Crippen LogP contribution is -1.87. The Bertz CT molecular complexity index is 403. The van der Waals surface area contributed by atoms with Crippen molar-refractivity contribution in [3.63, 3.8) is 0 Å². The lowest BCUT2D eigenvalue weighted by Gasteiger charge is -1.94. The summed E-state index contributed by atoms with van der Waals surface area (Å²) in [4.78, 5) is 0. The number of aromatic amines is 1. The van der Waals surface area contributed by atoms with Gasteiger partial charge in [-0.2, -0.15) is 5.10 Å². The number of rotatable bonds is 1. The Kier molecular flexibility index (Phi) is 1.50. The van der Waals surface area contributed by atoms with Gasteiger partial charge in [0.25, 0.3) is 0 Å². The van der Waals surface area contributed by atoms with Crippen molar-refractivity contribution in [3.8, 4) is 0 Å². The molecule has 2 N–H and O–H groups in total. The van der Waals surface area contributed by atoms with Gasteiger partial charge in [-0.3, -0.25) is 5.10 Å². The predicted molar refractivity (Wildman–Crippen MR) is 50.4 cm³/mol. The Balaban J connectivity index is 2.75. The Morgan fingerprint density at radius 3 is 3.00 bits per heavy atom. The zero-order chi connectivity index (χ0) is 8.55. The summed E-state index contributed by atoms with van der Waals surface area (Å²) < 4.78 is 0. The third kappa shape index (κ3) is 0.942. The number of benzene rings is 1. The third-order valence-corrected chi connectivity index (χ3v) is 1.96. The molecular formula is C9H11N3. The van der Waals surface area contributed by atoms with Crippen LogP contribution in [0.5, 0.6) is 0 Å². The second-order valence-corrected chi connectivity index (χ2v) is 2.87. The van der Waals surface area contributed by atoms with Gasteiger partial charge in [-0.25, -0.2) is 0 Å². The van der Waals surface area contributed by atoms with Gasteiger partial charge in [0.1, 0.15) is 0 Å².